The van der Waals surface area contributed by atoms with E-state index in [0.29, 0.717) is 11.7 Å². The highest BCUT2D eigenvalue weighted by molar-refractivity contribution is 8.00. The minimum atomic E-state index is -2.96. The third-order valence-corrected chi connectivity index (χ3v) is 5.82. The first kappa shape index (κ1) is 15.3. The van der Waals surface area contributed by atoms with Crippen LogP contribution in [0.15, 0.2) is 0 Å². The number of hydrogen-bond donors (Lipinski definition) is 1. The predicted octanol–water partition coefficient (Wildman–Crippen LogP) is 0.781. The molecular formula is C11H24N2O2S2. The van der Waals surface area contributed by atoms with E-state index in [-0.39, 0.29) is 5.37 Å². The van der Waals surface area contributed by atoms with Crippen molar-refractivity contribution in [3.05, 3.63) is 0 Å². The Labute approximate surface area is 109 Å². The first-order chi connectivity index (χ1) is 7.95. The number of nitrogens with zero attached hydrogens (tertiary/aromatic N) is 1. The van der Waals surface area contributed by atoms with Crippen LogP contribution in [0.2, 0.25) is 0 Å². The van der Waals surface area contributed by atoms with Gasteiger partial charge in [0.2, 0.25) is 0 Å². The van der Waals surface area contributed by atoms with Gasteiger partial charge in [-0.15, -0.1) is 0 Å². The summed E-state index contributed by atoms with van der Waals surface area (Å²) in [4.78, 5) is 2.13. The van der Waals surface area contributed by atoms with Crippen LogP contribution >= 0.6 is 11.8 Å². The molecule has 0 spiro atoms. The van der Waals surface area contributed by atoms with Crippen LogP contribution in [-0.2, 0) is 9.84 Å². The van der Waals surface area contributed by atoms with Gasteiger partial charge in [0.25, 0.3) is 0 Å². The summed E-state index contributed by atoms with van der Waals surface area (Å²) in [5.74, 6) is 2.27. The van der Waals surface area contributed by atoms with Crippen molar-refractivity contribution in [3.63, 3.8) is 0 Å². The number of thioether (sulfide) groups is 1. The van der Waals surface area contributed by atoms with Crippen LogP contribution in [-0.4, -0.2) is 56.1 Å². The molecule has 1 aliphatic heterocycles. The molecule has 17 heavy (non-hydrogen) atoms. The number of sulfone groups is 1. The number of hydrogen-bond acceptors (Lipinski definition) is 5. The van der Waals surface area contributed by atoms with Crippen LogP contribution in [0, 0.1) is 5.92 Å². The van der Waals surface area contributed by atoms with E-state index < -0.39 is 9.84 Å². The van der Waals surface area contributed by atoms with Gasteiger partial charge in [0.1, 0.15) is 5.37 Å². The minimum Gasteiger partial charge on any atom is -0.330 e. The van der Waals surface area contributed by atoms with Crippen LogP contribution in [0.3, 0.4) is 0 Å². The van der Waals surface area contributed by atoms with Crippen molar-refractivity contribution in [1.82, 2.24) is 4.90 Å². The first-order valence-electron chi connectivity index (χ1n) is 6.16. The van der Waals surface area contributed by atoms with Crippen molar-refractivity contribution < 1.29 is 8.42 Å². The number of nitrogens with two attached hydrogens (primary N) is 1. The van der Waals surface area contributed by atoms with Gasteiger partial charge in [0.15, 0.2) is 9.84 Å². The van der Waals surface area contributed by atoms with Crippen LogP contribution in [0.4, 0.5) is 0 Å². The Morgan fingerprint density at radius 3 is 2.82 bits per heavy atom. The van der Waals surface area contributed by atoms with Crippen LogP contribution in [0.25, 0.3) is 0 Å². The van der Waals surface area contributed by atoms with Crippen molar-refractivity contribution in [3.8, 4) is 0 Å². The number of rotatable bonds is 6. The lowest BCUT2D eigenvalue weighted by atomic mass is 10.1. The second-order valence-corrected chi connectivity index (χ2v) is 8.24. The summed E-state index contributed by atoms with van der Waals surface area (Å²) in [5, 5.41) is -0.290. The first-order valence-corrected chi connectivity index (χ1v) is 9.26. The Hall–Kier alpha value is 0.220. The zero-order valence-electron chi connectivity index (χ0n) is 10.8. The van der Waals surface area contributed by atoms with E-state index >= 15 is 0 Å². The smallest absolute Gasteiger partial charge is 0.164 e. The van der Waals surface area contributed by atoms with Gasteiger partial charge >= 0.3 is 0 Å². The molecule has 0 aromatic carbocycles. The Morgan fingerprint density at radius 1 is 1.53 bits per heavy atom. The van der Waals surface area contributed by atoms with E-state index in [1.54, 1.807) is 11.8 Å². The average molecular weight is 280 g/mol. The van der Waals surface area contributed by atoms with E-state index in [4.69, 9.17) is 5.73 Å². The van der Waals surface area contributed by atoms with E-state index in [1.165, 1.54) is 6.26 Å². The minimum absolute atomic E-state index is 0.290. The highest BCUT2D eigenvalue weighted by Gasteiger charge is 2.31. The molecule has 4 nitrogen and oxygen atoms in total. The SMILES string of the molecule is CC(CCCN)CN1CCSCC1S(C)(=O)=O. The quantitative estimate of drug-likeness (QED) is 0.779. The molecule has 1 heterocycles. The van der Waals surface area contributed by atoms with E-state index in [0.717, 1.165) is 38.2 Å². The second kappa shape index (κ2) is 6.97. The maximum atomic E-state index is 11.7. The lowest BCUT2D eigenvalue weighted by Gasteiger charge is -2.35. The summed E-state index contributed by atoms with van der Waals surface area (Å²) in [6.45, 7) is 4.65. The monoisotopic (exact) mass is 280 g/mol. The zero-order chi connectivity index (χ0) is 12.9. The van der Waals surface area contributed by atoms with E-state index in [1.807, 2.05) is 0 Å². The summed E-state index contributed by atoms with van der Waals surface area (Å²) in [6.07, 6.45) is 3.45. The largest absolute Gasteiger partial charge is 0.330 e. The molecule has 6 heteroatoms. The maximum absolute atomic E-state index is 11.7. The fourth-order valence-corrected chi connectivity index (χ4v) is 5.13. The Balaban J connectivity index is 2.54. The second-order valence-electron chi connectivity index (χ2n) is 4.89. The van der Waals surface area contributed by atoms with Gasteiger partial charge < -0.3 is 5.73 Å². The third-order valence-electron chi connectivity index (χ3n) is 3.13. The molecule has 0 radical (unpaired) electrons. The van der Waals surface area contributed by atoms with Crippen LogP contribution < -0.4 is 5.73 Å². The molecule has 0 aromatic heterocycles. The van der Waals surface area contributed by atoms with Gasteiger partial charge in [0.05, 0.1) is 0 Å². The Kier molecular flexibility index (Phi) is 6.26. The van der Waals surface area contributed by atoms with Crippen molar-refractivity contribution in [1.29, 1.82) is 0 Å². The van der Waals surface area contributed by atoms with Crippen molar-refractivity contribution in [2.24, 2.45) is 11.7 Å². The molecule has 0 bridgehead atoms. The van der Waals surface area contributed by atoms with Gasteiger partial charge in [-0.05, 0) is 25.3 Å². The lowest BCUT2D eigenvalue weighted by Crippen LogP contribution is -2.48. The zero-order valence-corrected chi connectivity index (χ0v) is 12.4. The average Bonchev–Trinajstić information content (AvgIpc) is 2.25. The van der Waals surface area contributed by atoms with Crippen molar-refractivity contribution >= 4 is 21.6 Å². The maximum Gasteiger partial charge on any atom is 0.164 e. The van der Waals surface area contributed by atoms with Gasteiger partial charge in [0, 0.05) is 30.9 Å². The summed E-state index contributed by atoms with van der Waals surface area (Å²) < 4.78 is 23.4. The van der Waals surface area contributed by atoms with Crippen LogP contribution in [0.1, 0.15) is 19.8 Å². The molecular weight excluding hydrogens is 256 g/mol. The van der Waals surface area contributed by atoms with Gasteiger partial charge in [-0.1, -0.05) is 6.92 Å². The third kappa shape index (κ3) is 5.16. The van der Waals surface area contributed by atoms with Gasteiger partial charge in [-0.2, -0.15) is 11.8 Å². The Bertz CT molecular complexity index is 319. The molecule has 0 amide bonds. The van der Waals surface area contributed by atoms with E-state index in [2.05, 4.69) is 11.8 Å². The molecule has 0 saturated carbocycles. The molecule has 2 unspecified atom stereocenters. The molecule has 102 valence electrons. The highest BCUT2D eigenvalue weighted by Crippen LogP contribution is 2.22. The fraction of sp³-hybridized carbons (Fsp3) is 1.00. The topological polar surface area (TPSA) is 63.4 Å². The normalized spacial score (nSPS) is 24.8. The Morgan fingerprint density at radius 2 is 2.24 bits per heavy atom. The lowest BCUT2D eigenvalue weighted by molar-refractivity contribution is 0.228. The molecule has 2 N–H and O–H groups in total. The molecule has 1 aliphatic rings. The molecule has 2 atom stereocenters. The van der Waals surface area contributed by atoms with E-state index in [9.17, 15) is 8.42 Å². The standard InChI is InChI=1S/C11H24N2O2S2/c1-10(4-3-5-12)8-13-6-7-16-9-11(13)17(2,14)15/h10-11H,3-9,12H2,1-2H3. The summed E-state index contributed by atoms with van der Waals surface area (Å²) in [7, 11) is -2.96. The van der Waals surface area contributed by atoms with Crippen molar-refractivity contribution in [2.75, 3.05) is 37.4 Å². The fourth-order valence-electron chi connectivity index (χ4n) is 2.18. The summed E-state index contributed by atoms with van der Waals surface area (Å²) in [5.41, 5.74) is 5.49. The molecule has 1 saturated heterocycles. The summed E-state index contributed by atoms with van der Waals surface area (Å²) >= 11 is 1.74. The highest BCUT2D eigenvalue weighted by atomic mass is 32.2. The summed E-state index contributed by atoms with van der Waals surface area (Å²) in [6, 6.07) is 0. The molecule has 0 aliphatic carbocycles. The van der Waals surface area contributed by atoms with Gasteiger partial charge in [-0.3, -0.25) is 4.90 Å². The van der Waals surface area contributed by atoms with Crippen molar-refractivity contribution in [2.45, 2.75) is 25.1 Å². The predicted molar refractivity (Wildman–Crippen MR) is 75.0 cm³/mol. The molecule has 1 rings (SSSR count). The van der Waals surface area contributed by atoms with Crippen LogP contribution in [0.5, 0.6) is 0 Å². The van der Waals surface area contributed by atoms with Gasteiger partial charge in [-0.25, -0.2) is 8.42 Å². The molecule has 1 fully saturated rings. The molecule has 0 aromatic rings.